The normalized spacial score (nSPS) is 17.6. The van der Waals surface area contributed by atoms with Crippen molar-refractivity contribution in [3.05, 3.63) is 18.2 Å². The van der Waals surface area contributed by atoms with E-state index in [2.05, 4.69) is 34.9 Å². The van der Waals surface area contributed by atoms with E-state index in [1.165, 1.54) is 31.5 Å². The molecule has 1 atom stereocenters. The van der Waals surface area contributed by atoms with Crippen LogP contribution in [0.25, 0.3) is 0 Å². The molecule has 90 valence electrons. The van der Waals surface area contributed by atoms with E-state index in [4.69, 9.17) is 0 Å². The van der Waals surface area contributed by atoms with Crippen LogP contribution in [0.15, 0.2) is 12.4 Å². The van der Waals surface area contributed by atoms with Crippen molar-refractivity contribution in [1.29, 1.82) is 0 Å². The van der Waals surface area contributed by atoms with Gasteiger partial charge in [-0.05, 0) is 39.2 Å². The average Bonchev–Trinajstić information content (AvgIpc) is 2.97. The molecule has 1 aromatic heterocycles. The Morgan fingerprint density at radius 1 is 1.56 bits per heavy atom. The molecule has 0 radical (unpaired) electrons. The molecule has 3 heteroatoms. The van der Waals surface area contributed by atoms with Crippen LogP contribution >= 0.6 is 0 Å². The summed E-state index contributed by atoms with van der Waals surface area (Å²) in [7, 11) is 0. The molecular formula is C13H23N3. The first-order valence-electron chi connectivity index (χ1n) is 6.56. The molecule has 1 N–H and O–H groups in total. The first-order valence-corrected chi connectivity index (χ1v) is 6.56. The molecule has 0 aromatic carbocycles. The lowest BCUT2D eigenvalue weighted by atomic mass is 10.2. The van der Waals surface area contributed by atoms with E-state index in [1.807, 2.05) is 6.20 Å². The number of imidazole rings is 1. The van der Waals surface area contributed by atoms with Crippen LogP contribution in [0, 0.1) is 0 Å². The maximum Gasteiger partial charge on any atom is 0.108 e. The summed E-state index contributed by atoms with van der Waals surface area (Å²) >= 11 is 0. The van der Waals surface area contributed by atoms with Crippen LogP contribution in [-0.2, 0) is 6.42 Å². The van der Waals surface area contributed by atoms with Crippen molar-refractivity contribution < 1.29 is 0 Å². The summed E-state index contributed by atoms with van der Waals surface area (Å²) in [5.74, 6) is 1.24. The van der Waals surface area contributed by atoms with Gasteiger partial charge in [0.1, 0.15) is 5.82 Å². The number of hydrogen-bond acceptors (Lipinski definition) is 2. The summed E-state index contributed by atoms with van der Waals surface area (Å²) in [6.45, 7) is 5.63. The maximum absolute atomic E-state index is 4.43. The zero-order valence-corrected chi connectivity index (χ0v) is 10.4. The van der Waals surface area contributed by atoms with E-state index in [0.717, 1.165) is 19.0 Å². The highest BCUT2D eigenvalue weighted by atomic mass is 15.1. The van der Waals surface area contributed by atoms with Crippen LogP contribution in [0.1, 0.15) is 51.4 Å². The molecule has 1 heterocycles. The van der Waals surface area contributed by atoms with E-state index in [0.29, 0.717) is 6.04 Å². The van der Waals surface area contributed by atoms with Crippen LogP contribution in [-0.4, -0.2) is 22.1 Å². The molecule has 0 saturated heterocycles. The Balaban J connectivity index is 1.80. The maximum atomic E-state index is 4.43. The smallest absolute Gasteiger partial charge is 0.108 e. The Labute approximate surface area is 98.3 Å². The predicted molar refractivity (Wildman–Crippen MR) is 66.6 cm³/mol. The number of nitrogens with one attached hydrogen (secondary N) is 1. The summed E-state index contributed by atoms with van der Waals surface area (Å²) < 4.78 is 2.33. The highest BCUT2D eigenvalue weighted by molar-refractivity contribution is 4.95. The SMILES string of the molecule is CCCc1nccn1C(C)CCNC1CC1. The second kappa shape index (κ2) is 5.48. The largest absolute Gasteiger partial charge is 0.332 e. The summed E-state index contributed by atoms with van der Waals surface area (Å²) in [5, 5.41) is 3.57. The Morgan fingerprint density at radius 3 is 3.06 bits per heavy atom. The van der Waals surface area contributed by atoms with Crippen molar-refractivity contribution in [1.82, 2.24) is 14.9 Å². The quantitative estimate of drug-likeness (QED) is 0.767. The fourth-order valence-electron chi connectivity index (χ4n) is 2.09. The number of hydrogen-bond donors (Lipinski definition) is 1. The highest BCUT2D eigenvalue weighted by Gasteiger charge is 2.20. The van der Waals surface area contributed by atoms with Gasteiger partial charge in [0.2, 0.25) is 0 Å². The number of rotatable bonds is 7. The monoisotopic (exact) mass is 221 g/mol. The first-order chi connectivity index (χ1) is 7.81. The molecule has 1 saturated carbocycles. The summed E-state index contributed by atoms with van der Waals surface area (Å²) in [6, 6.07) is 1.39. The third-order valence-electron chi connectivity index (χ3n) is 3.27. The molecule has 0 bridgehead atoms. The lowest BCUT2D eigenvalue weighted by Crippen LogP contribution is -2.21. The van der Waals surface area contributed by atoms with E-state index in [1.54, 1.807) is 0 Å². The third kappa shape index (κ3) is 3.08. The van der Waals surface area contributed by atoms with Crippen LogP contribution in [0.5, 0.6) is 0 Å². The minimum atomic E-state index is 0.565. The van der Waals surface area contributed by atoms with Gasteiger partial charge in [0.05, 0.1) is 0 Å². The fraction of sp³-hybridized carbons (Fsp3) is 0.769. The molecule has 2 rings (SSSR count). The van der Waals surface area contributed by atoms with E-state index in [9.17, 15) is 0 Å². The molecule has 3 nitrogen and oxygen atoms in total. The fourth-order valence-corrected chi connectivity index (χ4v) is 2.09. The molecule has 1 unspecified atom stereocenters. The van der Waals surface area contributed by atoms with Crippen molar-refractivity contribution >= 4 is 0 Å². The van der Waals surface area contributed by atoms with Gasteiger partial charge in [-0.15, -0.1) is 0 Å². The van der Waals surface area contributed by atoms with Gasteiger partial charge in [-0.3, -0.25) is 0 Å². The minimum Gasteiger partial charge on any atom is -0.332 e. The number of aromatic nitrogens is 2. The van der Waals surface area contributed by atoms with Crippen molar-refractivity contribution in [2.45, 2.75) is 58.0 Å². The van der Waals surface area contributed by atoms with Gasteiger partial charge >= 0.3 is 0 Å². The summed E-state index contributed by atoms with van der Waals surface area (Å²) in [6.07, 6.45) is 10.3. The van der Waals surface area contributed by atoms with Gasteiger partial charge in [-0.25, -0.2) is 4.98 Å². The molecule has 1 fully saturated rings. The zero-order chi connectivity index (χ0) is 11.4. The minimum absolute atomic E-state index is 0.565. The first kappa shape index (κ1) is 11.6. The molecular weight excluding hydrogens is 198 g/mol. The second-order valence-electron chi connectivity index (χ2n) is 4.87. The van der Waals surface area contributed by atoms with Gasteiger partial charge in [0, 0.05) is 30.9 Å². The molecule has 1 aliphatic carbocycles. The van der Waals surface area contributed by atoms with E-state index < -0.39 is 0 Å². The Bertz CT molecular complexity index is 315. The van der Waals surface area contributed by atoms with Crippen LogP contribution < -0.4 is 5.32 Å². The van der Waals surface area contributed by atoms with Gasteiger partial charge in [0.15, 0.2) is 0 Å². The number of nitrogens with zero attached hydrogens (tertiary/aromatic N) is 2. The molecule has 0 aliphatic heterocycles. The lowest BCUT2D eigenvalue weighted by molar-refractivity contribution is 0.466. The van der Waals surface area contributed by atoms with Crippen molar-refractivity contribution in [3.8, 4) is 0 Å². The molecule has 0 amide bonds. The van der Waals surface area contributed by atoms with Crippen molar-refractivity contribution in [3.63, 3.8) is 0 Å². The topological polar surface area (TPSA) is 29.9 Å². The zero-order valence-electron chi connectivity index (χ0n) is 10.4. The standard InChI is InChI=1S/C13H23N3/c1-3-4-13-15-9-10-16(13)11(2)7-8-14-12-5-6-12/h9-12,14H,3-8H2,1-2H3. The highest BCUT2D eigenvalue weighted by Crippen LogP contribution is 2.19. The molecule has 1 aromatic rings. The van der Waals surface area contributed by atoms with Crippen molar-refractivity contribution in [2.24, 2.45) is 0 Å². The second-order valence-corrected chi connectivity index (χ2v) is 4.87. The number of aryl methyl sites for hydroxylation is 1. The molecule has 1 aliphatic rings. The molecule has 16 heavy (non-hydrogen) atoms. The van der Waals surface area contributed by atoms with Gasteiger partial charge in [0.25, 0.3) is 0 Å². The predicted octanol–water partition coefficient (Wildman–Crippen LogP) is 2.54. The van der Waals surface area contributed by atoms with Crippen molar-refractivity contribution in [2.75, 3.05) is 6.54 Å². The van der Waals surface area contributed by atoms with Gasteiger partial charge in [-0.1, -0.05) is 6.92 Å². The van der Waals surface area contributed by atoms with E-state index in [-0.39, 0.29) is 0 Å². The summed E-state index contributed by atoms with van der Waals surface area (Å²) in [5.41, 5.74) is 0. The lowest BCUT2D eigenvalue weighted by Gasteiger charge is -2.16. The van der Waals surface area contributed by atoms with Gasteiger partial charge in [-0.2, -0.15) is 0 Å². The van der Waals surface area contributed by atoms with Crippen LogP contribution in [0.3, 0.4) is 0 Å². The average molecular weight is 221 g/mol. The van der Waals surface area contributed by atoms with Crippen LogP contribution in [0.4, 0.5) is 0 Å². The Hall–Kier alpha value is -0.830. The van der Waals surface area contributed by atoms with Crippen LogP contribution in [0.2, 0.25) is 0 Å². The molecule has 0 spiro atoms. The summed E-state index contributed by atoms with van der Waals surface area (Å²) in [4.78, 5) is 4.43. The third-order valence-corrected chi connectivity index (χ3v) is 3.27. The van der Waals surface area contributed by atoms with Gasteiger partial charge < -0.3 is 9.88 Å². The van der Waals surface area contributed by atoms with E-state index >= 15 is 0 Å². The Kier molecular flexibility index (Phi) is 3.99. The Morgan fingerprint density at radius 2 is 2.38 bits per heavy atom.